The van der Waals surface area contributed by atoms with Gasteiger partial charge in [-0.2, -0.15) is 0 Å². The van der Waals surface area contributed by atoms with Crippen molar-refractivity contribution >= 4 is 23.6 Å². The number of furan rings is 1. The molecule has 148 valence electrons. The summed E-state index contributed by atoms with van der Waals surface area (Å²) in [5, 5.41) is 0. The summed E-state index contributed by atoms with van der Waals surface area (Å²) < 4.78 is 20.0. The SMILES string of the molecule is COc1cc(C(C)=O)ccc1OCC(=O)OCC(=O)NNC(=O)c1ccco1. The smallest absolute Gasteiger partial charge is 0.344 e. The number of hydrogen-bond donors (Lipinski definition) is 2. The van der Waals surface area contributed by atoms with E-state index in [0.717, 1.165) is 0 Å². The summed E-state index contributed by atoms with van der Waals surface area (Å²) in [5.74, 6) is -1.85. The predicted octanol–water partition coefficient (Wildman–Crippen LogP) is 0.874. The van der Waals surface area contributed by atoms with Crippen LogP contribution in [0.5, 0.6) is 11.5 Å². The minimum Gasteiger partial charge on any atom is -0.493 e. The van der Waals surface area contributed by atoms with Crippen molar-refractivity contribution in [3.8, 4) is 11.5 Å². The maximum atomic E-state index is 11.7. The first-order chi connectivity index (χ1) is 13.4. The van der Waals surface area contributed by atoms with Crippen molar-refractivity contribution in [1.29, 1.82) is 0 Å². The van der Waals surface area contributed by atoms with E-state index >= 15 is 0 Å². The number of hydrazine groups is 1. The van der Waals surface area contributed by atoms with Crippen molar-refractivity contribution in [2.24, 2.45) is 0 Å². The fourth-order valence-electron chi connectivity index (χ4n) is 1.96. The first-order valence-electron chi connectivity index (χ1n) is 8.00. The quantitative estimate of drug-likeness (QED) is 0.385. The maximum Gasteiger partial charge on any atom is 0.344 e. The van der Waals surface area contributed by atoms with E-state index in [-0.39, 0.29) is 23.0 Å². The molecule has 0 radical (unpaired) electrons. The third kappa shape index (κ3) is 5.87. The summed E-state index contributed by atoms with van der Waals surface area (Å²) in [6, 6.07) is 7.43. The number of carbonyl (C=O) groups is 4. The van der Waals surface area contributed by atoms with Gasteiger partial charge in [0, 0.05) is 5.56 Å². The molecule has 10 nitrogen and oxygen atoms in total. The Hall–Kier alpha value is -3.82. The van der Waals surface area contributed by atoms with Crippen LogP contribution in [0.2, 0.25) is 0 Å². The standard InChI is InChI=1S/C18H18N2O8/c1-11(21)12-5-6-13(15(8-12)25-2)27-10-17(23)28-9-16(22)19-20-18(24)14-4-3-7-26-14/h3-8H,9-10H2,1-2H3,(H,19,22)(H,20,24). The van der Waals surface area contributed by atoms with E-state index in [2.05, 4.69) is 10.9 Å². The second kappa shape index (κ2) is 9.76. The topological polar surface area (TPSA) is 133 Å². The van der Waals surface area contributed by atoms with E-state index in [1.165, 1.54) is 50.6 Å². The Morgan fingerprint density at radius 1 is 1.04 bits per heavy atom. The second-order valence-electron chi connectivity index (χ2n) is 5.35. The van der Waals surface area contributed by atoms with Crippen molar-refractivity contribution in [3.63, 3.8) is 0 Å². The number of ketones is 1. The van der Waals surface area contributed by atoms with Crippen LogP contribution in [0.15, 0.2) is 41.0 Å². The number of benzene rings is 1. The molecule has 2 rings (SSSR count). The van der Waals surface area contributed by atoms with Crippen LogP contribution in [0.3, 0.4) is 0 Å². The van der Waals surface area contributed by atoms with Gasteiger partial charge in [-0.3, -0.25) is 25.2 Å². The highest BCUT2D eigenvalue weighted by atomic mass is 16.6. The molecule has 10 heteroatoms. The zero-order valence-electron chi connectivity index (χ0n) is 15.1. The van der Waals surface area contributed by atoms with Crippen molar-refractivity contribution in [2.45, 2.75) is 6.92 Å². The summed E-state index contributed by atoms with van der Waals surface area (Å²) in [6.07, 6.45) is 1.31. The fraction of sp³-hybridized carbons (Fsp3) is 0.222. The molecule has 0 saturated carbocycles. The molecule has 2 aromatic rings. The van der Waals surface area contributed by atoms with Crippen molar-refractivity contribution in [1.82, 2.24) is 10.9 Å². The molecule has 1 aromatic heterocycles. The number of esters is 1. The highest BCUT2D eigenvalue weighted by Crippen LogP contribution is 2.28. The Labute approximate surface area is 159 Å². The van der Waals surface area contributed by atoms with Gasteiger partial charge in [-0.1, -0.05) is 0 Å². The summed E-state index contributed by atoms with van der Waals surface area (Å²) in [7, 11) is 1.39. The van der Waals surface area contributed by atoms with Gasteiger partial charge in [-0.25, -0.2) is 4.79 Å². The predicted molar refractivity (Wildman–Crippen MR) is 93.8 cm³/mol. The Morgan fingerprint density at radius 3 is 2.46 bits per heavy atom. The van der Waals surface area contributed by atoms with E-state index in [9.17, 15) is 19.2 Å². The number of hydrogen-bond acceptors (Lipinski definition) is 8. The molecule has 0 saturated heterocycles. The first-order valence-corrected chi connectivity index (χ1v) is 8.00. The van der Waals surface area contributed by atoms with Crippen LogP contribution in [0.4, 0.5) is 0 Å². The molecular weight excluding hydrogens is 372 g/mol. The van der Waals surface area contributed by atoms with Crippen LogP contribution in [-0.2, 0) is 14.3 Å². The van der Waals surface area contributed by atoms with E-state index < -0.39 is 31.0 Å². The molecule has 0 spiro atoms. The van der Waals surface area contributed by atoms with Gasteiger partial charge in [0.1, 0.15) is 0 Å². The lowest BCUT2D eigenvalue weighted by Crippen LogP contribution is -2.43. The molecule has 0 aliphatic carbocycles. The summed E-state index contributed by atoms with van der Waals surface area (Å²) in [6.45, 7) is 0.303. The van der Waals surface area contributed by atoms with Gasteiger partial charge in [-0.15, -0.1) is 0 Å². The molecule has 2 amide bonds. The molecule has 1 aromatic carbocycles. The average Bonchev–Trinajstić information content (AvgIpc) is 3.23. The van der Waals surface area contributed by atoms with Crippen LogP contribution in [-0.4, -0.2) is 43.9 Å². The van der Waals surface area contributed by atoms with Gasteiger partial charge in [0.25, 0.3) is 5.91 Å². The molecule has 0 aliphatic heterocycles. The number of nitrogens with one attached hydrogen (secondary N) is 2. The highest BCUT2D eigenvalue weighted by molar-refractivity contribution is 5.95. The second-order valence-corrected chi connectivity index (χ2v) is 5.35. The Morgan fingerprint density at radius 2 is 1.82 bits per heavy atom. The summed E-state index contributed by atoms with van der Waals surface area (Å²) >= 11 is 0. The van der Waals surface area contributed by atoms with Crippen molar-refractivity contribution < 1.29 is 37.8 Å². The number of amides is 2. The largest absolute Gasteiger partial charge is 0.493 e. The first kappa shape index (κ1) is 20.5. The molecule has 0 fully saturated rings. The molecule has 0 atom stereocenters. The molecular formula is C18H18N2O8. The molecule has 0 bridgehead atoms. The van der Waals surface area contributed by atoms with Gasteiger partial charge >= 0.3 is 11.9 Å². The van der Waals surface area contributed by atoms with E-state index in [1.807, 2.05) is 0 Å². The zero-order valence-corrected chi connectivity index (χ0v) is 15.1. The Balaban J connectivity index is 1.74. The molecule has 1 heterocycles. The van der Waals surface area contributed by atoms with Crippen LogP contribution < -0.4 is 20.3 Å². The normalized spacial score (nSPS) is 9.93. The molecule has 0 aliphatic rings. The van der Waals surface area contributed by atoms with Crippen LogP contribution >= 0.6 is 0 Å². The van der Waals surface area contributed by atoms with Gasteiger partial charge in [-0.05, 0) is 37.3 Å². The van der Waals surface area contributed by atoms with Crippen LogP contribution in [0.1, 0.15) is 27.8 Å². The highest BCUT2D eigenvalue weighted by Gasteiger charge is 2.13. The molecule has 0 unspecified atom stereocenters. The minimum absolute atomic E-state index is 0.00966. The zero-order chi connectivity index (χ0) is 20.5. The number of rotatable bonds is 8. The fourth-order valence-corrected chi connectivity index (χ4v) is 1.96. The van der Waals surface area contributed by atoms with Crippen molar-refractivity contribution in [3.05, 3.63) is 47.9 Å². The monoisotopic (exact) mass is 390 g/mol. The van der Waals surface area contributed by atoms with Crippen molar-refractivity contribution in [2.75, 3.05) is 20.3 Å². The number of methoxy groups -OCH3 is 1. The third-order valence-electron chi connectivity index (χ3n) is 3.34. The van der Waals surface area contributed by atoms with Gasteiger partial charge in [0.15, 0.2) is 36.3 Å². The number of Topliss-reactive ketones (excluding diaryl/α,β-unsaturated/α-hetero) is 1. The number of carbonyl (C=O) groups excluding carboxylic acids is 4. The Kier molecular flexibility index (Phi) is 7.14. The van der Waals surface area contributed by atoms with Gasteiger partial charge in [0.05, 0.1) is 13.4 Å². The van der Waals surface area contributed by atoms with Crippen LogP contribution in [0.25, 0.3) is 0 Å². The van der Waals surface area contributed by atoms with E-state index in [0.29, 0.717) is 5.56 Å². The maximum absolute atomic E-state index is 11.7. The Bertz CT molecular complexity index is 860. The summed E-state index contributed by atoms with van der Waals surface area (Å²) in [4.78, 5) is 46.2. The minimum atomic E-state index is -0.815. The molecule has 2 N–H and O–H groups in total. The average molecular weight is 390 g/mol. The number of ether oxygens (including phenoxy) is 3. The molecule has 28 heavy (non-hydrogen) atoms. The lowest BCUT2D eigenvalue weighted by Gasteiger charge is -2.11. The lowest BCUT2D eigenvalue weighted by atomic mass is 10.1. The van der Waals surface area contributed by atoms with E-state index in [4.69, 9.17) is 18.6 Å². The lowest BCUT2D eigenvalue weighted by molar-refractivity contribution is -0.150. The van der Waals surface area contributed by atoms with Crippen LogP contribution in [0, 0.1) is 0 Å². The van der Waals surface area contributed by atoms with Gasteiger partial charge in [0.2, 0.25) is 0 Å². The van der Waals surface area contributed by atoms with Gasteiger partial charge < -0.3 is 18.6 Å². The van der Waals surface area contributed by atoms with E-state index in [1.54, 1.807) is 0 Å². The summed E-state index contributed by atoms with van der Waals surface area (Å²) in [5.41, 5.74) is 4.59. The third-order valence-corrected chi connectivity index (χ3v) is 3.34.